The smallest absolute Gasteiger partial charge is 0.125 e. The van der Waals surface area contributed by atoms with Gasteiger partial charge in [-0.05, 0) is 26.8 Å². The first-order valence-electron chi connectivity index (χ1n) is 5.48. The third-order valence-corrected chi connectivity index (χ3v) is 2.70. The van der Waals surface area contributed by atoms with Crippen molar-refractivity contribution in [3.8, 4) is 5.75 Å². The van der Waals surface area contributed by atoms with Crippen molar-refractivity contribution in [2.24, 2.45) is 0 Å². The zero-order valence-electron chi connectivity index (χ0n) is 10.4. The quantitative estimate of drug-likeness (QED) is 0.835. The van der Waals surface area contributed by atoms with E-state index in [2.05, 4.69) is 0 Å². The predicted molar refractivity (Wildman–Crippen MR) is 63.7 cm³/mol. The third kappa shape index (κ3) is 2.74. The zero-order chi connectivity index (χ0) is 12.2. The fraction of sp³-hybridized carbons (Fsp3) is 0.538. The Morgan fingerprint density at radius 3 is 2.50 bits per heavy atom. The molecule has 0 heterocycles. The predicted octanol–water partition coefficient (Wildman–Crippen LogP) is 2.54. The molecule has 0 radical (unpaired) electrons. The van der Waals surface area contributed by atoms with E-state index in [9.17, 15) is 5.11 Å². The van der Waals surface area contributed by atoms with Gasteiger partial charge < -0.3 is 14.6 Å². The molecule has 0 amide bonds. The molecule has 0 aliphatic heterocycles. The van der Waals surface area contributed by atoms with Crippen molar-refractivity contribution in [3.05, 3.63) is 29.8 Å². The van der Waals surface area contributed by atoms with Crippen LogP contribution in [-0.4, -0.2) is 24.4 Å². The molecule has 0 aliphatic carbocycles. The normalized spacial score (nSPS) is 13.6. The summed E-state index contributed by atoms with van der Waals surface area (Å²) in [7, 11) is 1.59. The van der Waals surface area contributed by atoms with Gasteiger partial charge in [0.2, 0.25) is 0 Å². The maximum Gasteiger partial charge on any atom is 0.125 e. The Morgan fingerprint density at radius 1 is 1.31 bits per heavy atom. The van der Waals surface area contributed by atoms with Gasteiger partial charge in [-0.15, -0.1) is 0 Å². The van der Waals surface area contributed by atoms with Gasteiger partial charge in [-0.3, -0.25) is 0 Å². The van der Waals surface area contributed by atoms with E-state index in [4.69, 9.17) is 9.47 Å². The van der Waals surface area contributed by atoms with E-state index < -0.39 is 11.7 Å². The summed E-state index contributed by atoms with van der Waals surface area (Å²) in [6, 6.07) is 7.48. The lowest BCUT2D eigenvalue weighted by molar-refractivity contribution is -0.0801. The maximum atomic E-state index is 10.3. The Hall–Kier alpha value is -1.06. The molecule has 3 heteroatoms. The molecule has 0 saturated heterocycles. The van der Waals surface area contributed by atoms with Gasteiger partial charge in [0.25, 0.3) is 0 Å². The number of hydrogen-bond acceptors (Lipinski definition) is 3. The van der Waals surface area contributed by atoms with E-state index in [1.54, 1.807) is 7.11 Å². The summed E-state index contributed by atoms with van der Waals surface area (Å²) in [6.07, 6.45) is -0.708. The van der Waals surface area contributed by atoms with Gasteiger partial charge >= 0.3 is 0 Å². The van der Waals surface area contributed by atoms with E-state index in [0.29, 0.717) is 12.4 Å². The van der Waals surface area contributed by atoms with E-state index in [1.165, 1.54) is 0 Å². The molecular formula is C13H20O3. The van der Waals surface area contributed by atoms with E-state index in [-0.39, 0.29) is 0 Å². The van der Waals surface area contributed by atoms with Crippen LogP contribution in [0.5, 0.6) is 5.75 Å². The second-order valence-corrected chi connectivity index (χ2v) is 4.18. The van der Waals surface area contributed by atoms with Gasteiger partial charge in [0, 0.05) is 12.7 Å². The Labute approximate surface area is 97.0 Å². The SMILES string of the molecule is CCOc1ccccc1C(O)C(C)(C)OC. The molecule has 16 heavy (non-hydrogen) atoms. The van der Waals surface area contributed by atoms with Crippen LogP contribution in [-0.2, 0) is 4.74 Å². The van der Waals surface area contributed by atoms with Crippen LogP contribution in [0.3, 0.4) is 0 Å². The Balaban J connectivity index is 3.02. The lowest BCUT2D eigenvalue weighted by Gasteiger charge is -2.30. The molecule has 0 aromatic heterocycles. The second kappa shape index (κ2) is 5.32. The molecule has 1 rings (SSSR count). The molecule has 0 fully saturated rings. The highest BCUT2D eigenvalue weighted by Crippen LogP contribution is 2.33. The number of para-hydroxylation sites is 1. The molecule has 1 N–H and O–H groups in total. The van der Waals surface area contributed by atoms with Gasteiger partial charge in [-0.2, -0.15) is 0 Å². The average molecular weight is 224 g/mol. The minimum Gasteiger partial charge on any atom is -0.493 e. The molecule has 1 unspecified atom stereocenters. The van der Waals surface area contributed by atoms with Crippen LogP contribution in [0.2, 0.25) is 0 Å². The van der Waals surface area contributed by atoms with Crippen molar-refractivity contribution < 1.29 is 14.6 Å². The zero-order valence-corrected chi connectivity index (χ0v) is 10.4. The second-order valence-electron chi connectivity index (χ2n) is 4.18. The number of rotatable bonds is 5. The molecule has 1 atom stereocenters. The Morgan fingerprint density at radius 2 is 1.94 bits per heavy atom. The van der Waals surface area contributed by atoms with Crippen LogP contribution in [0.1, 0.15) is 32.4 Å². The first-order valence-corrected chi connectivity index (χ1v) is 5.48. The van der Waals surface area contributed by atoms with Crippen LogP contribution in [0.15, 0.2) is 24.3 Å². The Kier molecular flexibility index (Phi) is 4.33. The highest BCUT2D eigenvalue weighted by molar-refractivity contribution is 5.36. The summed E-state index contributed by atoms with van der Waals surface area (Å²) >= 11 is 0. The fourth-order valence-electron chi connectivity index (χ4n) is 1.48. The number of hydrogen-bond donors (Lipinski definition) is 1. The topological polar surface area (TPSA) is 38.7 Å². The third-order valence-electron chi connectivity index (χ3n) is 2.70. The minimum atomic E-state index is -0.708. The van der Waals surface area contributed by atoms with Crippen molar-refractivity contribution in [1.82, 2.24) is 0 Å². The van der Waals surface area contributed by atoms with Gasteiger partial charge in [-0.25, -0.2) is 0 Å². The molecule has 3 nitrogen and oxygen atoms in total. The number of benzene rings is 1. The molecule has 1 aromatic rings. The first-order chi connectivity index (χ1) is 7.53. The van der Waals surface area contributed by atoms with Crippen molar-refractivity contribution in [2.45, 2.75) is 32.5 Å². The molecule has 90 valence electrons. The number of aliphatic hydroxyl groups excluding tert-OH is 1. The number of aliphatic hydroxyl groups is 1. The van der Waals surface area contributed by atoms with Gasteiger partial charge in [0.15, 0.2) is 0 Å². The summed E-state index contributed by atoms with van der Waals surface area (Å²) in [6.45, 7) is 6.20. The summed E-state index contributed by atoms with van der Waals surface area (Å²) in [5, 5.41) is 10.3. The Bertz CT molecular complexity index is 334. The summed E-state index contributed by atoms with van der Waals surface area (Å²) in [5.74, 6) is 0.711. The highest BCUT2D eigenvalue weighted by Gasteiger charge is 2.30. The number of ether oxygens (including phenoxy) is 2. The van der Waals surface area contributed by atoms with Crippen LogP contribution in [0, 0.1) is 0 Å². The lowest BCUT2D eigenvalue weighted by atomic mass is 9.94. The van der Waals surface area contributed by atoms with Crippen LogP contribution < -0.4 is 4.74 Å². The fourth-order valence-corrected chi connectivity index (χ4v) is 1.48. The van der Waals surface area contributed by atoms with Gasteiger partial charge in [0.1, 0.15) is 11.9 Å². The largest absolute Gasteiger partial charge is 0.493 e. The van der Waals surface area contributed by atoms with Crippen molar-refractivity contribution in [1.29, 1.82) is 0 Å². The molecule has 0 spiro atoms. The van der Waals surface area contributed by atoms with E-state index >= 15 is 0 Å². The monoisotopic (exact) mass is 224 g/mol. The minimum absolute atomic E-state index is 0.581. The highest BCUT2D eigenvalue weighted by atomic mass is 16.5. The summed E-state index contributed by atoms with van der Waals surface area (Å²) in [4.78, 5) is 0. The maximum absolute atomic E-state index is 10.3. The van der Waals surface area contributed by atoms with Gasteiger partial charge in [0.05, 0.1) is 12.2 Å². The molecule has 0 saturated carbocycles. The molecular weight excluding hydrogens is 204 g/mol. The average Bonchev–Trinajstić information content (AvgIpc) is 2.29. The van der Waals surface area contributed by atoms with Crippen molar-refractivity contribution in [2.75, 3.05) is 13.7 Å². The van der Waals surface area contributed by atoms with Crippen LogP contribution >= 0.6 is 0 Å². The van der Waals surface area contributed by atoms with E-state index in [1.807, 2.05) is 45.0 Å². The molecule has 1 aromatic carbocycles. The van der Waals surface area contributed by atoms with Crippen LogP contribution in [0.25, 0.3) is 0 Å². The lowest BCUT2D eigenvalue weighted by Crippen LogP contribution is -2.31. The van der Waals surface area contributed by atoms with Crippen molar-refractivity contribution in [3.63, 3.8) is 0 Å². The summed E-state index contributed by atoms with van der Waals surface area (Å²) in [5.41, 5.74) is 0.129. The molecule has 0 bridgehead atoms. The van der Waals surface area contributed by atoms with Crippen LogP contribution in [0.4, 0.5) is 0 Å². The first kappa shape index (κ1) is 13.0. The molecule has 0 aliphatic rings. The van der Waals surface area contributed by atoms with Gasteiger partial charge in [-0.1, -0.05) is 18.2 Å². The van der Waals surface area contributed by atoms with E-state index in [0.717, 1.165) is 5.56 Å². The van der Waals surface area contributed by atoms with Crippen molar-refractivity contribution >= 4 is 0 Å². The standard InChI is InChI=1S/C13H20O3/c1-5-16-11-9-7-6-8-10(11)12(14)13(2,3)15-4/h6-9,12,14H,5H2,1-4H3. The number of methoxy groups -OCH3 is 1. The summed E-state index contributed by atoms with van der Waals surface area (Å²) < 4.78 is 10.8.